The number of nitrogens with one attached hydrogen (secondary N) is 1. The second kappa shape index (κ2) is 9.70. The standard InChI is InChI=1S/C18H21BrN2O4S/c19-15-3-1-4-16(13-15)25-12-2-5-18(22)21-11-10-14-6-8-17(9-7-14)26(20,23)24/h1,3-4,6-9,13H,2,5,10-12H2,(H,21,22)(H2,20,23,24). The summed E-state index contributed by atoms with van der Waals surface area (Å²) in [7, 11) is -3.67. The maximum atomic E-state index is 11.8. The normalized spacial score (nSPS) is 11.2. The Morgan fingerprint density at radius 3 is 2.54 bits per heavy atom. The molecule has 8 heteroatoms. The molecule has 6 nitrogen and oxygen atoms in total. The van der Waals surface area contributed by atoms with Gasteiger partial charge in [0.05, 0.1) is 11.5 Å². The van der Waals surface area contributed by atoms with Crippen LogP contribution in [0.1, 0.15) is 18.4 Å². The molecule has 0 heterocycles. The molecule has 0 fully saturated rings. The van der Waals surface area contributed by atoms with Gasteiger partial charge in [0.25, 0.3) is 0 Å². The van der Waals surface area contributed by atoms with Crippen molar-refractivity contribution < 1.29 is 17.9 Å². The summed E-state index contributed by atoms with van der Waals surface area (Å²) in [6.07, 6.45) is 1.63. The lowest BCUT2D eigenvalue weighted by Gasteiger charge is -2.08. The topological polar surface area (TPSA) is 98.5 Å². The van der Waals surface area contributed by atoms with E-state index in [2.05, 4.69) is 21.2 Å². The van der Waals surface area contributed by atoms with Crippen LogP contribution in [0.5, 0.6) is 5.75 Å². The van der Waals surface area contributed by atoms with Gasteiger partial charge in [-0.15, -0.1) is 0 Å². The fourth-order valence-electron chi connectivity index (χ4n) is 2.26. The van der Waals surface area contributed by atoms with Gasteiger partial charge in [-0.2, -0.15) is 0 Å². The molecule has 0 aliphatic rings. The molecule has 0 saturated heterocycles. The molecule has 140 valence electrons. The predicted octanol–water partition coefficient (Wildman–Crippen LogP) is 2.61. The van der Waals surface area contributed by atoms with Crippen molar-refractivity contribution in [1.29, 1.82) is 0 Å². The molecule has 0 spiro atoms. The molecule has 0 unspecified atom stereocenters. The van der Waals surface area contributed by atoms with Gasteiger partial charge in [-0.25, -0.2) is 13.6 Å². The van der Waals surface area contributed by atoms with E-state index < -0.39 is 10.0 Å². The Morgan fingerprint density at radius 1 is 1.15 bits per heavy atom. The van der Waals surface area contributed by atoms with E-state index in [4.69, 9.17) is 9.88 Å². The summed E-state index contributed by atoms with van der Waals surface area (Å²) in [5.74, 6) is 0.728. The first-order chi connectivity index (χ1) is 12.3. The van der Waals surface area contributed by atoms with E-state index in [1.807, 2.05) is 24.3 Å². The first kappa shape index (κ1) is 20.4. The van der Waals surface area contributed by atoms with Gasteiger partial charge in [0.2, 0.25) is 15.9 Å². The monoisotopic (exact) mass is 440 g/mol. The number of ether oxygens (including phenoxy) is 1. The molecule has 0 bridgehead atoms. The predicted molar refractivity (Wildman–Crippen MR) is 103 cm³/mol. The summed E-state index contributed by atoms with van der Waals surface area (Å²) in [6.45, 7) is 0.957. The Kier molecular flexibility index (Phi) is 7.62. The van der Waals surface area contributed by atoms with Crippen LogP contribution in [-0.4, -0.2) is 27.5 Å². The molecule has 3 N–H and O–H groups in total. The summed E-state index contributed by atoms with van der Waals surface area (Å²) in [6, 6.07) is 13.9. The zero-order valence-corrected chi connectivity index (χ0v) is 16.6. The van der Waals surface area contributed by atoms with Crippen LogP contribution in [-0.2, 0) is 21.2 Å². The number of carbonyl (C=O) groups excluding carboxylic acids is 1. The van der Waals surface area contributed by atoms with E-state index in [9.17, 15) is 13.2 Å². The van der Waals surface area contributed by atoms with Gasteiger partial charge in [0, 0.05) is 17.4 Å². The lowest BCUT2D eigenvalue weighted by Crippen LogP contribution is -2.25. The van der Waals surface area contributed by atoms with Crippen LogP contribution in [0.25, 0.3) is 0 Å². The summed E-state index contributed by atoms with van der Waals surface area (Å²) in [5.41, 5.74) is 0.927. The van der Waals surface area contributed by atoms with E-state index in [1.54, 1.807) is 12.1 Å². The number of hydrogen-bond acceptors (Lipinski definition) is 4. The van der Waals surface area contributed by atoms with Crippen molar-refractivity contribution in [2.45, 2.75) is 24.2 Å². The molecule has 1 amide bonds. The number of amides is 1. The van der Waals surface area contributed by atoms with Crippen LogP contribution >= 0.6 is 15.9 Å². The van der Waals surface area contributed by atoms with Gasteiger partial charge >= 0.3 is 0 Å². The molecule has 0 saturated carbocycles. The molecule has 26 heavy (non-hydrogen) atoms. The molecule has 0 radical (unpaired) electrons. The highest BCUT2D eigenvalue weighted by Crippen LogP contribution is 2.17. The van der Waals surface area contributed by atoms with Crippen LogP contribution in [0.3, 0.4) is 0 Å². The van der Waals surface area contributed by atoms with E-state index >= 15 is 0 Å². The van der Waals surface area contributed by atoms with Gasteiger partial charge in [0.15, 0.2) is 0 Å². The molecular formula is C18H21BrN2O4S. The third kappa shape index (κ3) is 7.15. The maximum absolute atomic E-state index is 11.8. The Hall–Kier alpha value is -1.90. The van der Waals surface area contributed by atoms with Gasteiger partial charge < -0.3 is 10.1 Å². The van der Waals surface area contributed by atoms with Crippen molar-refractivity contribution in [2.75, 3.05) is 13.2 Å². The minimum atomic E-state index is -3.67. The molecule has 0 aliphatic carbocycles. The third-order valence-electron chi connectivity index (χ3n) is 3.60. The number of primary sulfonamides is 1. The lowest BCUT2D eigenvalue weighted by atomic mass is 10.1. The van der Waals surface area contributed by atoms with Crippen LogP contribution in [0.4, 0.5) is 0 Å². The smallest absolute Gasteiger partial charge is 0.238 e. The number of nitrogens with two attached hydrogens (primary N) is 1. The first-order valence-electron chi connectivity index (χ1n) is 8.11. The SMILES string of the molecule is NS(=O)(=O)c1ccc(CCNC(=O)CCCOc2cccc(Br)c2)cc1. The van der Waals surface area contributed by atoms with Gasteiger partial charge in [-0.05, 0) is 48.7 Å². The Morgan fingerprint density at radius 2 is 1.88 bits per heavy atom. The first-order valence-corrected chi connectivity index (χ1v) is 10.5. The lowest BCUT2D eigenvalue weighted by molar-refractivity contribution is -0.121. The summed E-state index contributed by atoms with van der Waals surface area (Å²) in [5, 5.41) is 7.89. The molecule has 0 aliphatic heterocycles. The molecule has 0 atom stereocenters. The zero-order chi connectivity index (χ0) is 19.0. The van der Waals surface area contributed by atoms with Crippen molar-refractivity contribution in [3.63, 3.8) is 0 Å². The average molecular weight is 441 g/mol. The minimum Gasteiger partial charge on any atom is -0.494 e. The van der Waals surface area contributed by atoms with E-state index in [-0.39, 0.29) is 10.8 Å². The molecule has 2 aromatic rings. The minimum absolute atomic E-state index is 0.0380. The highest BCUT2D eigenvalue weighted by Gasteiger charge is 2.07. The summed E-state index contributed by atoms with van der Waals surface area (Å²) < 4.78 is 28.9. The third-order valence-corrected chi connectivity index (χ3v) is 5.02. The number of sulfonamides is 1. The van der Waals surface area contributed by atoms with Crippen molar-refractivity contribution in [3.8, 4) is 5.75 Å². The number of halogens is 1. The number of hydrogen-bond donors (Lipinski definition) is 2. The second-order valence-corrected chi connectivity index (χ2v) is 8.18. The van der Waals surface area contributed by atoms with Crippen LogP contribution in [0.2, 0.25) is 0 Å². The number of carbonyl (C=O) groups is 1. The Balaban J connectivity index is 1.63. The highest BCUT2D eigenvalue weighted by molar-refractivity contribution is 9.10. The zero-order valence-electron chi connectivity index (χ0n) is 14.2. The largest absolute Gasteiger partial charge is 0.494 e. The van der Waals surface area contributed by atoms with Crippen molar-refractivity contribution in [3.05, 3.63) is 58.6 Å². The van der Waals surface area contributed by atoms with Crippen LogP contribution < -0.4 is 15.2 Å². The van der Waals surface area contributed by atoms with Crippen molar-refractivity contribution >= 4 is 31.9 Å². The van der Waals surface area contributed by atoms with Crippen LogP contribution in [0, 0.1) is 0 Å². The summed E-state index contributed by atoms with van der Waals surface area (Å²) in [4.78, 5) is 11.9. The fraction of sp³-hybridized carbons (Fsp3) is 0.278. The van der Waals surface area contributed by atoms with Crippen molar-refractivity contribution in [1.82, 2.24) is 5.32 Å². The maximum Gasteiger partial charge on any atom is 0.238 e. The van der Waals surface area contributed by atoms with Gasteiger partial charge in [0.1, 0.15) is 5.75 Å². The molecule has 0 aromatic heterocycles. The van der Waals surface area contributed by atoms with E-state index in [0.29, 0.717) is 32.4 Å². The Labute approximate surface area is 161 Å². The second-order valence-electron chi connectivity index (χ2n) is 5.70. The number of benzene rings is 2. The van der Waals surface area contributed by atoms with E-state index in [0.717, 1.165) is 15.8 Å². The quantitative estimate of drug-likeness (QED) is 0.585. The molecular weight excluding hydrogens is 420 g/mol. The highest BCUT2D eigenvalue weighted by atomic mass is 79.9. The average Bonchev–Trinajstić information content (AvgIpc) is 2.58. The van der Waals surface area contributed by atoms with Crippen molar-refractivity contribution in [2.24, 2.45) is 5.14 Å². The number of rotatable bonds is 9. The fourth-order valence-corrected chi connectivity index (χ4v) is 3.15. The molecule has 2 rings (SSSR count). The van der Waals surface area contributed by atoms with Gasteiger partial charge in [-0.1, -0.05) is 34.1 Å². The molecule has 2 aromatic carbocycles. The van der Waals surface area contributed by atoms with E-state index in [1.165, 1.54) is 12.1 Å². The Bertz CT molecular complexity index is 839. The van der Waals surface area contributed by atoms with Crippen LogP contribution in [0.15, 0.2) is 57.9 Å². The van der Waals surface area contributed by atoms with Gasteiger partial charge in [-0.3, -0.25) is 4.79 Å². The summed E-state index contributed by atoms with van der Waals surface area (Å²) >= 11 is 3.38.